The SMILES string of the molecule is Cc1[nH]nc2c1[C@H](c1ccccn1)N(c1ccc(Br)cc1)C2=O. The molecule has 1 N–H and O–H groups in total. The smallest absolute Gasteiger partial charge is 0.280 e. The van der Waals surface area contributed by atoms with Crippen molar-refractivity contribution in [3.8, 4) is 0 Å². The molecule has 0 saturated heterocycles. The van der Waals surface area contributed by atoms with Crippen LogP contribution in [0.1, 0.15) is 33.5 Å². The second kappa shape index (κ2) is 5.31. The van der Waals surface area contributed by atoms with Crippen molar-refractivity contribution in [3.63, 3.8) is 0 Å². The highest BCUT2D eigenvalue weighted by Crippen LogP contribution is 2.41. The average molecular weight is 369 g/mol. The van der Waals surface area contributed by atoms with Gasteiger partial charge < -0.3 is 0 Å². The van der Waals surface area contributed by atoms with E-state index in [-0.39, 0.29) is 11.9 Å². The summed E-state index contributed by atoms with van der Waals surface area (Å²) >= 11 is 3.43. The van der Waals surface area contributed by atoms with Crippen molar-refractivity contribution in [3.05, 3.63) is 75.8 Å². The monoisotopic (exact) mass is 368 g/mol. The van der Waals surface area contributed by atoms with Crippen LogP contribution < -0.4 is 4.90 Å². The first-order chi connectivity index (χ1) is 11.2. The van der Waals surface area contributed by atoms with E-state index in [1.807, 2.05) is 49.4 Å². The zero-order valence-corrected chi connectivity index (χ0v) is 13.9. The van der Waals surface area contributed by atoms with Crippen molar-refractivity contribution in [1.29, 1.82) is 0 Å². The molecule has 3 heterocycles. The molecule has 3 aromatic rings. The van der Waals surface area contributed by atoms with Crippen molar-refractivity contribution in [2.75, 3.05) is 4.90 Å². The predicted octanol–water partition coefficient (Wildman–Crippen LogP) is 3.63. The average Bonchev–Trinajstić information content (AvgIpc) is 3.08. The van der Waals surface area contributed by atoms with Gasteiger partial charge in [-0.25, -0.2) is 0 Å². The summed E-state index contributed by atoms with van der Waals surface area (Å²) in [7, 11) is 0. The molecular weight excluding hydrogens is 356 g/mol. The van der Waals surface area contributed by atoms with Crippen molar-refractivity contribution in [1.82, 2.24) is 15.2 Å². The topological polar surface area (TPSA) is 61.9 Å². The number of carbonyl (C=O) groups is 1. The second-order valence-electron chi connectivity index (χ2n) is 5.42. The van der Waals surface area contributed by atoms with Crippen LogP contribution in [0.25, 0.3) is 0 Å². The molecule has 1 amide bonds. The lowest BCUT2D eigenvalue weighted by Crippen LogP contribution is -2.29. The molecule has 2 aromatic heterocycles. The lowest BCUT2D eigenvalue weighted by atomic mass is 10.0. The van der Waals surface area contributed by atoms with Gasteiger partial charge in [-0.3, -0.25) is 19.8 Å². The fourth-order valence-electron chi connectivity index (χ4n) is 2.98. The van der Waals surface area contributed by atoms with Crippen LogP contribution in [-0.4, -0.2) is 21.1 Å². The van der Waals surface area contributed by atoms with E-state index in [0.29, 0.717) is 5.69 Å². The Morgan fingerprint density at radius 1 is 1.17 bits per heavy atom. The number of amides is 1. The number of anilines is 1. The summed E-state index contributed by atoms with van der Waals surface area (Å²) in [5.74, 6) is -0.109. The number of aromatic amines is 1. The molecule has 0 radical (unpaired) electrons. The fourth-order valence-corrected chi connectivity index (χ4v) is 3.25. The molecule has 0 aliphatic carbocycles. The number of rotatable bonds is 2. The van der Waals surface area contributed by atoms with Crippen molar-refractivity contribution in [2.45, 2.75) is 13.0 Å². The van der Waals surface area contributed by atoms with E-state index in [1.165, 1.54) is 0 Å². The third-order valence-corrected chi connectivity index (χ3v) is 4.55. The minimum absolute atomic E-state index is 0.109. The van der Waals surface area contributed by atoms with Crippen LogP contribution in [0, 0.1) is 6.92 Å². The quantitative estimate of drug-likeness (QED) is 0.751. The number of carbonyl (C=O) groups excluding carboxylic acids is 1. The van der Waals surface area contributed by atoms with Gasteiger partial charge in [-0.15, -0.1) is 0 Å². The predicted molar refractivity (Wildman–Crippen MR) is 90.4 cm³/mol. The van der Waals surface area contributed by atoms with Gasteiger partial charge in [0.15, 0.2) is 5.69 Å². The van der Waals surface area contributed by atoms with Crippen molar-refractivity contribution >= 4 is 27.5 Å². The summed E-state index contributed by atoms with van der Waals surface area (Å²) in [6.45, 7) is 1.93. The maximum atomic E-state index is 12.9. The number of hydrogen-bond acceptors (Lipinski definition) is 3. The van der Waals surface area contributed by atoms with E-state index in [1.54, 1.807) is 11.1 Å². The van der Waals surface area contributed by atoms with Gasteiger partial charge in [-0.2, -0.15) is 5.10 Å². The molecule has 1 aliphatic rings. The van der Waals surface area contributed by atoms with Crippen molar-refractivity contribution in [2.24, 2.45) is 0 Å². The van der Waals surface area contributed by atoms with E-state index in [2.05, 4.69) is 31.1 Å². The number of fused-ring (bicyclic) bond motifs is 1. The molecular formula is C17H13BrN4O. The summed E-state index contributed by atoms with van der Waals surface area (Å²) in [5, 5.41) is 7.11. The number of nitrogens with zero attached hydrogens (tertiary/aromatic N) is 3. The summed E-state index contributed by atoms with van der Waals surface area (Å²) in [6.07, 6.45) is 1.74. The molecule has 1 aromatic carbocycles. The van der Waals surface area contributed by atoms with Crippen LogP contribution in [0.3, 0.4) is 0 Å². The van der Waals surface area contributed by atoms with Crippen LogP contribution >= 0.6 is 15.9 Å². The molecule has 0 saturated carbocycles. The maximum absolute atomic E-state index is 12.9. The van der Waals surface area contributed by atoms with Gasteiger partial charge in [0.25, 0.3) is 5.91 Å². The first-order valence-electron chi connectivity index (χ1n) is 7.21. The normalized spacial score (nSPS) is 16.7. The minimum Gasteiger partial charge on any atom is -0.294 e. The molecule has 5 nitrogen and oxygen atoms in total. The zero-order valence-electron chi connectivity index (χ0n) is 12.3. The molecule has 0 fully saturated rings. The molecule has 0 unspecified atom stereocenters. The van der Waals surface area contributed by atoms with Crippen LogP contribution in [0.15, 0.2) is 53.1 Å². The lowest BCUT2D eigenvalue weighted by Gasteiger charge is -2.25. The minimum atomic E-state index is -0.265. The molecule has 1 atom stereocenters. The Labute approximate surface area is 141 Å². The number of H-pyrrole nitrogens is 1. The number of aryl methyl sites for hydroxylation is 1. The Morgan fingerprint density at radius 2 is 1.96 bits per heavy atom. The van der Waals surface area contributed by atoms with Gasteiger partial charge in [-0.05, 0) is 43.3 Å². The Hall–Kier alpha value is -2.47. The molecule has 6 heteroatoms. The zero-order chi connectivity index (χ0) is 16.0. The van der Waals surface area contributed by atoms with E-state index in [0.717, 1.165) is 27.1 Å². The van der Waals surface area contributed by atoms with E-state index >= 15 is 0 Å². The summed E-state index contributed by atoms with van der Waals surface area (Å²) in [4.78, 5) is 19.1. The van der Waals surface area contributed by atoms with Crippen LogP contribution in [0.5, 0.6) is 0 Å². The summed E-state index contributed by atoms with van der Waals surface area (Å²) in [5.41, 5.74) is 3.92. The Morgan fingerprint density at radius 3 is 2.65 bits per heavy atom. The molecule has 0 bridgehead atoms. The highest BCUT2D eigenvalue weighted by atomic mass is 79.9. The Bertz CT molecular complexity index is 873. The number of aromatic nitrogens is 3. The van der Waals surface area contributed by atoms with Gasteiger partial charge in [0.05, 0.1) is 5.69 Å². The number of halogens is 1. The molecule has 1 aliphatic heterocycles. The highest BCUT2D eigenvalue weighted by Gasteiger charge is 2.42. The van der Waals surface area contributed by atoms with Crippen LogP contribution in [0.4, 0.5) is 5.69 Å². The molecule has 0 spiro atoms. The van der Waals surface area contributed by atoms with Crippen LogP contribution in [-0.2, 0) is 0 Å². The summed E-state index contributed by atoms with van der Waals surface area (Å²) < 4.78 is 0.969. The molecule has 4 rings (SSSR count). The Balaban J connectivity index is 1.91. The number of nitrogens with one attached hydrogen (secondary N) is 1. The maximum Gasteiger partial charge on any atom is 0.280 e. The van der Waals surface area contributed by atoms with Gasteiger partial charge in [-0.1, -0.05) is 22.0 Å². The van der Waals surface area contributed by atoms with E-state index in [9.17, 15) is 4.79 Å². The van der Waals surface area contributed by atoms with Gasteiger partial charge in [0.1, 0.15) is 6.04 Å². The molecule has 114 valence electrons. The van der Waals surface area contributed by atoms with E-state index in [4.69, 9.17) is 0 Å². The lowest BCUT2D eigenvalue weighted by molar-refractivity contribution is 0.0988. The molecule has 23 heavy (non-hydrogen) atoms. The van der Waals surface area contributed by atoms with E-state index < -0.39 is 0 Å². The van der Waals surface area contributed by atoms with Crippen molar-refractivity contribution < 1.29 is 4.79 Å². The first-order valence-corrected chi connectivity index (χ1v) is 8.01. The number of benzene rings is 1. The number of pyridine rings is 1. The third-order valence-electron chi connectivity index (χ3n) is 4.02. The van der Waals surface area contributed by atoms with Crippen LogP contribution in [0.2, 0.25) is 0 Å². The largest absolute Gasteiger partial charge is 0.294 e. The van der Waals surface area contributed by atoms with Gasteiger partial charge in [0.2, 0.25) is 0 Å². The van der Waals surface area contributed by atoms with Gasteiger partial charge >= 0.3 is 0 Å². The summed E-state index contributed by atoms with van der Waals surface area (Å²) in [6, 6.07) is 13.2. The second-order valence-corrected chi connectivity index (χ2v) is 6.34. The highest BCUT2D eigenvalue weighted by molar-refractivity contribution is 9.10. The Kier molecular flexibility index (Phi) is 3.27. The van der Waals surface area contributed by atoms with Gasteiger partial charge in [0, 0.05) is 27.6 Å². The fraction of sp³-hybridized carbons (Fsp3) is 0.118. The number of hydrogen-bond donors (Lipinski definition) is 1. The first kappa shape index (κ1) is 14.1. The standard InChI is InChI=1S/C17H13BrN4O/c1-10-14-15(21-20-10)17(23)22(12-7-5-11(18)6-8-12)16(14)13-4-2-3-9-19-13/h2-9,16H,1H3,(H,20,21)/t16-/m0/s1. The third kappa shape index (κ3) is 2.17.